The lowest BCUT2D eigenvalue weighted by Crippen LogP contribution is -2.36. The van der Waals surface area contributed by atoms with Gasteiger partial charge in [-0.1, -0.05) is 19.3 Å². The Bertz CT molecular complexity index is 490. The summed E-state index contributed by atoms with van der Waals surface area (Å²) in [6, 6.07) is 4.97. The predicted octanol–water partition coefficient (Wildman–Crippen LogP) is 2.76. The van der Waals surface area contributed by atoms with Crippen LogP contribution in [0.1, 0.15) is 58.4 Å². The fourth-order valence-corrected chi connectivity index (χ4v) is 2.55. The zero-order valence-electron chi connectivity index (χ0n) is 11.1. The van der Waals surface area contributed by atoms with Crippen molar-refractivity contribution in [1.82, 2.24) is 5.32 Å². The molecule has 0 atom stereocenters. The van der Waals surface area contributed by atoms with Crippen molar-refractivity contribution in [2.75, 3.05) is 0 Å². The maximum Gasteiger partial charge on any atom is 0.335 e. The van der Waals surface area contributed by atoms with Crippen LogP contribution in [-0.4, -0.2) is 23.0 Å². The highest BCUT2D eigenvalue weighted by Crippen LogP contribution is 2.18. The van der Waals surface area contributed by atoms with Crippen molar-refractivity contribution in [3.8, 4) is 0 Å². The Labute approximate surface area is 112 Å². The number of carbonyl (C=O) groups is 2. The Kier molecular flexibility index (Phi) is 4.20. The molecule has 2 N–H and O–H groups in total. The standard InChI is InChI=1S/C15H19NO3/c1-10-7-11(9-12(8-10)15(18)19)14(17)16-13-5-3-2-4-6-13/h7-9,13H,2-6H2,1H3,(H,16,17)(H,18,19). The lowest BCUT2D eigenvalue weighted by atomic mass is 9.95. The van der Waals surface area contributed by atoms with Crippen molar-refractivity contribution >= 4 is 11.9 Å². The maximum absolute atomic E-state index is 12.1. The van der Waals surface area contributed by atoms with Gasteiger partial charge in [-0.05, 0) is 43.5 Å². The summed E-state index contributed by atoms with van der Waals surface area (Å²) in [5.74, 6) is -1.17. The molecule has 1 aromatic carbocycles. The maximum atomic E-state index is 12.1. The third-order valence-electron chi connectivity index (χ3n) is 3.53. The van der Waals surface area contributed by atoms with E-state index in [0.29, 0.717) is 5.56 Å². The smallest absolute Gasteiger partial charge is 0.335 e. The van der Waals surface area contributed by atoms with Crippen molar-refractivity contribution < 1.29 is 14.7 Å². The summed E-state index contributed by atoms with van der Waals surface area (Å²) in [5.41, 5.74) is 1.38. The van der Waals surface area contributed by atoms with E-state index in [4.69, 9.17) is 5.11 Å². The van der Waals surface area contributed by atoms with E-state index in [1.807, 2.05) is 0 Å². The number of hydrogen-bond acceptors (Lipinski definition) is 2. The van der Waals surface area contributed by atoms with Crippen molar-refractivity contribution in [3.63, 3.8) is 0 Å². The molecule has 0 radical (unpaired) electrons. The normalized spacial score (nSPS) is 16.1. The molecule has 4 nitrogen and oxygen atoms in total. The molecule has 1 fully saturated rings. The summed E-state index contributed by atoms with van der Waals surface area (Å²) in [6.45, 7) is 1.80. The zero-order valence-corrected chi connectivity index (χ0v) is 11.1. The number of hydrogen-bond donors (Lipinski definition) is 2. The number of carboxylic acids is 1. The van der Waals surface area contributed by atoms with E-state index in [2.05, 4.69) is 5.32 Å². The first-order chi connectivity index (χ1) is 9.06. The van der Waals surface area contributed by atoms with Crippen molar-refractivity contribution in [1.29, 1.82) is 0 Å². The minimum Gasteiger partial charge on any atom is -0.478 e. The number of aromatic carboxylic acids is 1. The van der Waals surface area contributed by atoms with Gasteiger partial charge in [0.05, 0.1) is 5.56 Å². The second kappa shape index (κ2) is 5.87. The zero-order chi connectivity index (χ0) is 13.8. The van der Waals surface area contributed by atoms with E-state index >= 15 is 0 Å². The van der Waals surface area contributed by atoms with Gasteiger partial charge in [-0.25, -0.2) is 4.79 Å². The fraction of sp³-hybridized carbons (Fsp3) is 0.467. The van der Waals surface area contributed by atoms with Crippen LogP contribution < -0.4 is 5.32 Å². The molecule has 19 heavy (non-hydrogen) atoms. The first-order valence-electron chi connectivity index (χ1n) is 6.72. The van der Waals surface area contributed by atoms with Crippen LogP contribution in [0, 0.1) is 6.92 Å². The monoisotopic (exact) mass is 261 g/mol. The Balaban J connectivity index is 2.11. The number of rotatable bonds is 3. The highest BCUT2D eigenvalue weighted by atomic mass is 16.4. The summed E-state index contributed by atoms with van der Waals surface area (Å²) >= 11 is 0. The average Bonchev–Trinajstić information content (AvgIpc) is 2.39. The summed E-state index contributed by atoms with van der Waals surface area (Å²) in [7, 11) is 0. The summed E-state index contributed by atoms with van der Waals surface area (Å²) < 4.78 is 0. The van der Waals surface area contributed by atoms with Gasteiger partial charge in [0, 0.05) is 11.6 Å². The quantitative estimate of drug-likeness (QED) is 0.879. The average molecular weight is 261 g/mol. The second-order valence-electron chi connectivity index (χ2n) is 5.20. The Morgan fingerprint density at radius 2 is 1.74 bits per heavy atom. The van der Waals surface area contributed by atoms with Gasteiger partial charge in [-0.2, -0.15) is 0 Å². The number of amides is 1. The fourth-order valence-electron chi connectivity index (χ4n) is 2.55. The minimum atomic E-state index is -1.00. The van der Waals surface area contributed by atoms with Crippen LogP contribution in [0.15, 0.2) is 18.2 Å². The molecular weight excluding hydrogens is 242 g/mol. The van der Waals surface area contributed by atoms with E-state index in [9.17, 15) is 9.59 Å². The van der Waals surface area contributed by atoms with Gasteiger partial charge >= 0.3 is 5.97 Å². The molecule has 1 saturated carbocycles. The molecule has 102 valence electrons. The van der Waals surface area contributed by atoms with Crippen LogP contribution in [0.3, 0.4) is 0 Å². The molecule has 0 heterocycles. The Hall–Kier alpha value is -1.84. The van der Waals surface area contributed by atoms with Crippen molar-refractivity contribution in [2.24, 2.45) is 0 Å². The highest BCUT2D eigenvalue weighted by molar-refractivity contribution is 5.97. The molecule has 0 saturated heterocycles. The van der Waals surface area contributed by atoms with Crippen LogP contribution in [0.5, 0.6) is 0 Å². The lowest BCUT2D eigenvalue weighted by Gasteiger charge is -2.22. The predicted molar refractivity (Wildman–Crippen MR) is 72.5 cm³/mol. The van der Waals surface area contributed by atoms with E-state index < -0.39 is 5.97 Å². The molecule has 0 spiro atoms. The second-order valence-corrected chi connectivity index (χ2v) is 5.20. The first kappa shape index (κ1) is 13.6. The van der Waals surface area contributed by atoms with Gasteiger partial charge < -0.3 is 10.4 Å². The molecule has 4 heteroatoms. The summed E-state index contributed by atoms with van der Waals surface area (Å²) in [6.07, 6.45) is 5.57. The number of aryl methyl sites for hydroxylation is 1. The molecule has 1 amide bonds. The number of nitrogens with one attached hydrogen (secondary N) is 1. The molecular formula is C15H19NO3. The third-order valence-corrected chi connectivity index (χ3v) is 3.53. The molecule has 2 rings (SSSR count). The largest absolute Gasteiger partial charge is 0.478 e. The van der Waals surface area contributed by atoms with Crippen LogP contribution in [0.2, 0.25) is 0 Å². The molecule has 0 aliphatic heterocycles. The number of carboxylic acid groups (broad SMARTS) is 1. The van der Waals surface area contributed by atoms with E-state index in [-0.39, 0.29) is 17.5 Å². The van der Waals surface area contributed by atoms with Crippen LogP contribution in [0.25, 0.3) is 0 Å². The van der Waals surface area contributed by atoms with Crippen LogP contribution in [0.4, 0.5) is 0 Å². The molecule has 1 aromatic rings. The number of benzene rings is 1. The summed E-state index contributed by atoms with van der Waals surface area (Å²) in [4.78, 5) is 23.1. The highest BCUT2D eigenvalue weighted by Gasteiger charge is 2.17. The van der Waals surface area contributed by atoms with E-state index in [1.54, 1.807) is 19.1 Å². The Morgan fingerprint density at radius 3 is 2.37 bits per heavy atom. The lowest BCUT2D eigenvalue weighted by molar-refractivity contribution is 0.0696. The SMILES string of the molecule is Cc1cc(C(=O)O)cc(C(=O)NC2CCCCC2)c1. The van der Waals surface area contributed by atoms with Gasteiger partial charge in [-0.15, -0.1) is 0 Å². The van der Waals surface area contributed by atoms with E-state index in [0.717, 1.165) is 31.2 Å². The van der Waals surface area contributed by atoms with Gasteiger partial charge in [0.1, 0.15) is 0 Å². The van der Waals surface area contributed by atoms with Gasteiger partial charge in [0.15, 0.2) is 0 Å². The van der Waals surface area contributed by atoms with Gasteiger partial charge in [0.25, 0.3) is 5.91 Å². The molecule has 0 bridgehead atoms. The van der Waals surface area contributed by atoms with Crippen LogP contribution in [-0.2, 0) is 0 Å². The topological polar surface area (TPSA) is 66.4 Å². The summed E-state index contributed by atoms with van der Waals surface area (Å²) in [5, 5.41) is 12.0. The number of carbonyl (C=O) groups excluding carboxylic acids is 1. The van der Waals surface area contributed by atoms with E-state index in [1.165, 1.54) is 12.5 Å². The van der Waals surface area contributed by atoms with Crippen molar-refractivity contribution in [3.05, 3.63) is 34.9 Å². The van der Waals surface area contributed by atoms with Crippen molar-refractivity contribution in [2.45, 2.75) is 45.1 Å². The minimum absolute atomic E-state index is 0.161. The first-order valence-corrected chi connectivity index (χ1v) is 6.72. The van der Waals surface area contributed by atoms with Gasteiger partial charge in [-0.3, -0.25) is 4.79 Å². The van der Waals surface area contributed by atoms with Crippen LogP contribution >= 0.6 is 0 Å². The molecule has 1 aliphatic carbocycles. The molecule has 1 aliphatic rings. The van der Waals surface area contributed by atoms with Gasteiger partial charge in [0.2, 0.25) is 0 Å². The Morgan fingerprint density at radius 1 is 1.11 bits per heavy atom. The molecule has 0 unspecified atom stereocenters. The molecule has 0 aromatic heterocycles. The third kappa shape index (κ3) is 3.56.